The fourth-order valence-electron chi connectivity index (χ4n) is 0.431. The van der Waals surface area contributed by atoms with Crippen LogP contribution >= 0.6 is 11.6 Å². The van der Waals surface area contributed by atoms with Crippen molar-refractivity contribution in [3.8, 4) is 0 Å². The molecule has 1 atom stereocenters. The van der Waals surface area contributed by atoms with Gasteiger partial charge in [0.1, 0.15) is 10.7 Å². The van der Waals surface area contributed by atoms with Crippen LogP contribution in [0, 0.1) is 0 Å². The summed E-state index contributed by atoms with van der Waals surface area (Å²) >= 11 is 5.30. The smallest absolute Gasteiger partial charge is 0.144 e. The maximum atomic E-state index is 10.2. The summed E-state index contributed by atoms with van der Waals surface area (Å²) in [5, 5.41) is -0.438. The molecule has 0 aliphatic carbocycles. The predicted octanol–water partition coefficient (Wildman–Crippen LogP) is -0.446. The molecule has 2 N–H and O–H groups in total. The minimum absolute atomic E-state index is 0.149. The molecule has 0 fully saturated rings. The van der Waals surface area contributed by atoms with Crippen LogP contribution in [0.3, 0.4) is 0 Å². The van der Waals surface area contributed by atoms with E-state index in [4.69, 9.17) is 17.3 Å². The molecule has 0 saturated heterocycles. The molecule has 0 aliphatic rings. The zero-order valence-corrected chi connectivity index (χ0v) is 6.57. The standard InChI is InChI=1S/C4H10ClNO2S/c5-3-4(1-2-6)9(7)8/h4,9H,1-3,6H2. The summed E-state index contributed by atoms with van der Waals surface area (Å²) in [5.41, 5.74) is 5.12. The first-order valence-electron chi connectivity index (χ1n) is 2.62. The van der Waals surface area contributed by atoms with Crippen molar-refractivity contribution in [1.82, 2.24) is 0 Å². The highest BCUT2D eigenvalue weighted by atomic mass is 35.5. The van der Waals surface area contributed by atoms with Gasteiger partial charge in [-0.2, -0.15) is 0 Å². The van der Waals surface area contributed by atoms with Gasteiger partial charge in [-0.3, -0.25) is 0 Å². The summed E-state index contributed by atoms with van der Waals surface area (Å²) < 4.78 is 20.4. The number of rotatable bonds is 4. The van der Waals surface area contributed by atoms with Crippen molar-refractivity contribution < 1.29 is 8.42 Å². The van der Waals surface area contributed by atoms with Crippen LogP contribution in [-0.2, 0) is 10.7 Å². The Morgan fingerprint density at radius 3 is 2.22 bits per heavy atom. The molecular weight excluding hydrogens is 162 g/mol. The Balaban J connectivity index is 3.68. The number of thiol groups is 1. The monoisotopic (exact) mass is 171 g/mol. The Morgan fingerprint density at radius 1 is 1.56 bits per heavy atom. The Hall–Kier alpha value is 0.200. The highest BCUT2D eigenvalue weighted by Crippen LogP contribution is 1.97. The zero-order valence-electron chi connectivity index (χ0n) is 4.92. The molecule has 0 aromatic heterocycles. The van der Waals surface area contributed by atoms with Crippen LogP contribution in [0.1, 0.15) is 6.42 Å². The van der Waals surface area contributed by atoms with Crippen molar-refractivity contribution in [1.29, 1.82) is 0 Å². The number of hydrogen-bond donors (Lipinski definition) is 2. The fraction of sp³-hybridized carbons (Fsp3) is 1.00. The first-order valence-corrected chi connectivity index (χ1v) is 4.40. The van der Waals surface area contributed by atoms with E-state index in [1.165, 1.54) is 0 Å². The molecule has 0 radical (unpaired) electrons. The van der Waals surface area contributed by atoms with Gasteiger partial charge in [0.15, 0.2) is 0 Å². The minimum atomic E-state index is -2.38. The van der Waals surface area contributed by atoms with Crippen molar-refractivity contribution in [3.05, 3.63) is 0 Å². The number of halogens is 1. The van der Waals surface area contributed by atoms with E-state index in [1.807, 2.05) is 0 Å². The van der Waals surface area contributed by atoms with Gasteiger partial charge in [0.05, 0.1) is 5.25 Å². The van der Waals surface area contributed by atoms with Gasteiger partial charge in [0.2, 0.25) is 0 Å². The lowest BCUT2D eigenvalue weighted by Gasteiger charge is -2.00. The Labute approximate surface area is 61.1 Å². The molecule has 0 spiro atoms. The van der Waals surface area contributed by atoms with Crippen LogP contribution in [-0.4, -0.2) is 26.1 Å². The third-order valence-electron chi connectivity index (χ3n) is 0.976. The molecule has 0 aliphatic heterocycles. The summed E-state index contributed by atoms with van der Waals surface area (Å²) in [6, 6.07) is 0. The van der Waals surface area contributed by atoms with Crippen molar-refractivity contribution in [2.45, 2.75) is 11.7 Å². The van der Waals surface area contributed by atoms with Crippen molar-refractivity contribution in [3.63, 3.8) is 0 Å². The zero-order chi connectivity index (χ0) is 7.28. The molecular formula is C4H10ClNO2S. The molecule has 0 saturated carbocycles. The van der Waals surface area contributed by atoms with Gasteiger partial charge in [-0.15, -0.1) is 11.6 Å². The number of hydrogen-bond acceptors (Lipinski definition) is 3. The Morgan fingerprint density at radius 2 is 2.11 bits per heavy atom. The molecule has 0 amide bonds. The molecule has 3 nitrogen and oxygen atoms in total. The maximum absolute atomic E-state index is 10.2. The van der Waals surface area contributed by atoms with Gasteiger partial charge in [-0.25, -0.2) is 8.42 Å². The van der Waals surface area contributed by atoms with Gasteiger partial charge in [0.25, 0.3) is 0 Å². The van der Waals surface area contributed by atoms with Crippen LogP contribution in [0.5, 0.6) is 0 Å². The van der Waals surface area contributed by atoms with E-state index in [0.717, 1.165) is 0 Å². The molecule has 0 aromatic carbocycles. The van der Waals surface area contributed by atoms with E-state index < -0.39 is 16.0 Å². The summed E-state index contributed by atoms with van der Waals surface area (Å²) in [5.74, 6) is 0.149. The first kappa shape index (κ1) is 9.20. The first-order chi connectivity index (χ1) is 4.22. The Kier molecular flexibility index (Phi) is 5.13. The van der Waals surface area contributed by atoms with E-state index >= 15 is 0 Å². The average Bonchev–Trinajstić information content (AvgIpc) is 1.82. The molecule has 1 unspecified atom stereocenters. The van der Waals surface area contributed by atoms with Gasteiger partial charge >= 0.3 is 0 Å². The molecule has 0 heterocycles. The van der Waals surface area contributed by atoms with E-state index in [9.17, 15) is 8.42 Å². The van der Waals surface area contributed by atoms with Gasteiger partial charge < -0.3 is 5.73 Å². The summed E-state index contributed by atoms with van der Waals surface area (Å²) in [6.45, 7) is 0.376. The molecule has 9 heavy (non-hydrogen) atoms. The predicted molar refractivity (Wildman–Crippen MR) is 38.5 cm³/mol. The fourth-order valence-corrected chi connectivity index (χ4v) is 1.40. The largest absolute Gasteiger partial charge is 0.330 e. The second-order valence-electron chi connectivity index (χ2n) is 1.67. The number of alkyl halides is 1. The van der Waals surface area contributed by atoms with E-state index in [1.54, 1.807) is 0 Å². The molecule has 56 valence electrons. The van der Waals surface area contributed by atoms with Crippen LogP contribution in [0.2, 0.25) is 0 Å². The van der Waals surface area contributed by atoms with E-state index in [-0.39, 0.29) is 5.88 Å². The normalized spacial score (nSPS) is 14.1. The second-order valence-corrected chi connectivity index (χ2v) is 3.28. The third kappa shape index (κ3) is 3.72. The summed E-state index contributed by atoms with van der Waals surface area (Å²) in [6.07, 6.45) is 0.461. The topological polar surface area (TPSA) is 60.2 Å². The maximum Gasteiger partial charge on any atom is 0.144 e. The van der Waals surface area contributed by atoms with Gasteiger partial charge in [0, 0.05) is 5.88 Å². The highest BCUT2D eigenvalue weighted by molar-refractivity contribution is 7.73. The van der Waals surface area contributed by atoms with Crippen LogP contribution in [0.15, 0.2) is 0 Å². The third-order valence-corrected chi connectivity index (χ3v) is 2.60. The van der Waals surface area contributed by atoms with Gasteiger partial charge in [-0.05, 0) is 13.0 Å². The van der Waals surface area contributed by atoms with Crippen molar-refractivity contribution in [2.24, 2.45) is 5.73 Å². The Bertz CT molecular complexity index is 129. The van der Waals surface area contributed by atoms with Crippen molar-refractivity contribution in [2.75, 3.05) is 12.4 Å². The molecule has 5 heteroatoms. The highest BCUT2D eigenvalue weighted by Gasteiger charge is 2.07. The summed E-state index contributed by atoms with van der Waals surface area (Å²) in [4.78, 5) is 0. The van der Waals surface area contributed by atoms with Gasteiger partial charge in [-0.1, -0.05) is 0 Å². The van der Waals surface area contributed by atoms with Crippen LogP contribution in [0.4, 0.5) is 0 Å². The lowest BCUT2D eigenvalue weighted by Crippen LogP contribution is -2.16. The lowest BCUT2D eigenvalue weighted by molar-refractivity contribution is 0.599. The number of nitrogens with two attached hydrogens (primary N) is 1. The molecule has 0 aromatic rings. The molecule has 0 bridgehead atoms. The average molecular weight is 172 g/mol. The van der Waals surface area contributed by atoms with Crippen molar-refractivity contribution >= 4 is 22.3 Å². The second kappa shape index (κ2) is 5.02. The lowest BCUT2D eigenvalue weighted by atomic mass is 10.3. The molecule has 0 rings (SSSR count). The van der Waals surface area contributed by atoms with E-state index in [0.29, 0.717) is 13.0 Å². The quantitative estimate of drug-likeness (QED) is 0.445. The van der Waals surface area contributed by atoms with Crippen LogP contribution < -0.4 is 5.73 Å². The minimum Gasteiger partial charge on any atom is -0.330 e. The summed E-state index contributed by atoms with van der Waals surface area (Å²) in [7, 11) is -2.38. The SMILES string of the molecule is NCCC(CCl)[SH](=O)=O. The van der Waals surface area contributed by atoms with Crippen LogP contribution in [0.25, 0.3) is 0 Å². The van der Waals surface area contributed by atoms with E-state index in [2.05, 4.69) is 0 Å².